The van der Waals surface area contributed by atoms with E-state index in [0.717, 1.165) is 0 Å². The molecule has 1 heterocycles. The fourth-order valence-corrected chi connectivity index (χ4v) is 3.88. The van der Waals surface area contributed by atoms with Gasteiger partial charge in [-0.2, -0.15) is 0 Å². The normalized spacial score (nSPS) is 24.2. The first-order valence-electron chi connectivity index (χ1n) is 6.46. The molecule has 112 valence electrons. The van der Waals surface area contributed by atoms with Crippen LogP contribution in [0.3, 0.4) is 0 Å². The van der Waals surface area contributed by atoms with Gasteiger partial charge in [0.2, 0.25) is 5.91 Å². The fraction of sp³-hybridized carbons (Fsp3) is 0.917. The van der Waals surface area contributed by atoms with Gasteiger partial charge >= 0.3 is 0 Å². The van der Waals surface area contributed by atoms with Gasteiger partial charge in [0, 0.05) is 12.6 Å². The maximum atomic E-state index is 12.4. The summed E-state index contributed by atoms with van der Waals surface area (Å²) in [7, 11) is -3.07. The second kappa shape index (κ2) is 5.76. The standard InChI is InChI=1S/C12H24N2O4S/c1-12(2,3)10(13)11(16)14(5-6-15)9-4-7-19(17,18)8-9/h9-10,15H,4-8,13H2,1-3H3/t9?,10-/m1/s1. The third-order valence-electron chi connectivity index (χ3n) is 3.47. The Morgan fingerprint density at radius 2 is 2.05 bits per heavy atom. The molecule has 1 amide bonds. The van der Waals surface area contributed by atoms with Gasteiger partial charge in [0.25, 0.3) is 0 Å². The lowest BCUT2D eigenvalue weighted by atomic mass is 9.86. The number of aliphatic hydroxyl groups is 1. The molecule has 7 heteroatoms. The Morgan fingerprint density at radius 3 is 2.42 bits per heavy atom. The van der Waals surface area contributed by atoms with Crippen LogP contribution in [0.25, 0.3) is 0 Å². The average molecular weight is 292 g/mol. The number of nitrogens with two attached hydrogens (primary N) is 1. The molecule has 0 spiro atoms. The molecule has 0 bridgehead atoms. The van der Waals surface area contributed by atoms with Gasteiger partial charge in [0.05, 0.1) is 24.2 Å². The molecule has 1 aliphatic rings. The van der Waals surface area contributed by atoms with Crippen molar-refractivity contribution in [2.45, 2.75) is 39.3 Å². The summed E-state index contributed by atoms with van der Waals surface area (Å²) in [5, 5.41) is 9.08. The minimum atomic E-state index is -3.07. The van der Waals surface area contributed by atoms with E-state index in [1.54, 1.807) is 0 Å². The highest BCUT2D eigenvalue weighted by Gasteiger charge is 2.38. The van der Waals surface area contributed by atoms with Crippen LogP contribution in [0, 0.1) is 5.41 Å². The van der Waals surface area contributed by atoms with E-state index in [0.29, 0.717) is 6.42 Å². The van der Waals surface area contributed by atoms with Crippen molar-refractivity contribution in [3.8, 4) is 0 Å². The number of rotatable bonds is 4. The number of amides is 1. The van der Waals surface area contributed by atoms with Gasteiger partial charge in [0.15, 0.2) is 9.84 Å². The highest BCUT2D eigenvalue weighted by Crippen LogP contribution is 2.23. The minimum absolute atomic E-state index is 0.0321. The van der Waals surface area contributed by atoms with Crippen LogP contribution in [0.5, 0.6) is 0 Å². The van der Waals surface area contributed by atoms with Crippen molar-refractivity contribution in [2.75, 3.05) is 24.7 Å². The molecule has 0 aromatic carbocycles. The van der Waals surface area contributed by atoms with E-state index in [-0.39, 0.29) is 36.6 Å². The summed E-state index contributed by atoms with van der Waals surface area (Å²) in [6, 6.07) is -1.07. The van der Waals surface area contributed by atoms with Gasteiger partial charge < -0.3 is 15.7 Å². The van der Waals surface area contributed by atoms with Crippen molar-refractivity contribution in [1.29, 1.82) is 0 Å². The van der Waals surface area contributed by atoms with E-state index in [1.807, 2.05) is 20.8 Å². The minimum Gasteiger partial charge on any atom is -0.395 e. The zero-order chi connectivity index (χ0) is 14.8. The van der Waals surface area contributed by atoms with Crippen molar-refractivity contribution in [3.05, 3.63) is 0 Å². The number of carbonyl (C=O) groups is 1. The Labute approximate surface area is 114 Å². The first kappa shape index (κ1) is 16.4. The molecule has 1 saturated heterocycles. The number of carbonyl (C=O) groups excluding carboxylic acids is 1. The molecule has 0 radical (unpaired) electrons. The Bertz CT molecular complexity index is 428. The summed E-state index contributed by atoms with van der Waals surface area (Å²) < 4.78 is 23.0. The van der Waals surface area contributed by atoms with Gasteiger partial charge in [-0.15, -0.1) is 0 Å². The van der Waals surface area contributed by atoms with Crippen molar-refractivity contribution in [2.24, 2.45) is 11.1 Å². The third-order valence-corrected chi connectivity index (χ3v) is 5.22. The highest BCUT2D eigenvalue weighted by molar-refractivity contribution is 7.91. The summed E-state index contributed by atoms with van der Waals surface area (Å²) in [5.41, 5.74) is 5.54. The largest absolute Gasteiger partial charge is 0.395 e. The lowest BCUT2D eigenvalue weighted by molar-refractivity contribution is -0.137. The molecule has 2 atom stereocenters. The van der Waals surface area contributed by atoms with Crippen molar-refractivity contribution < 1.29 is 18.3 Å². The number of hydrogen-bond donors (Lipinski definition) is 2. The predicted octanol–water partition coefficient (Wildman–Crippen LogP) is -0.632. The zero-order valence-electron chi connectivity index (χ0n) is 11.8. The van der Waals surface area contributed by atoms with Crippen LogP contribution in [0.2, 0.25) is 0 Å². The predicted molar refractivity (Wildman–Crippen MR) is 73.3 cm³/mol. The summed E-state index contributed by atoms with van der Waals surface area (Å²) in [4.78, 5) is 13.8. The molecular weight excluding hydrogens is 268 g/mol. The van der Waals surface area contributed by atoms with Gasteiger partial charge in [-0.3, -0.25) is 4.79 Å². The number of sulfone groups is 1. The molecule has 0 aromatic heterocycles. The Hall–Kier alpha value is -0.660. The molecule has 0 aromatic rings. The summed E-state index contributed by atoms with van der Waals surface area (Å²) in [6.45, 7) is 5.51. The molecule has 3 N–H and O–H groups in total. The monoisotopic (exact) mass is 292 g/mol. The van der Waals surface area contributed by atoms with Crippen LogP contribution in [-0.2, 0) is 14.6 Å². The third kappa shape index (κ3) is 4.15. The molecule has 1 unspecified atom stereocenters. The topological polar surface area (TPSA) is 101 Å². The molecule has 1 aliphatic heterocycles. The molecule has 19 heavy (non-hydrogen) atoms. The molecule has 1 rings (SSSR count). The van der Waals surface area contributed by atoms with Crippen LogP contribution in [0.4, 0.5) is 0 Å². The maximum absolute atomic E-state index is 12.4. The quantitative estimate of drug-likeness (QED) is 0.718. The van der Waals surface area contributed by atoms with Crippen LogP contribution in [0.15, 0.2) is 0 Å². The van der Waals surface area contributed by atoms with Gasteiger partial charge in [-0.25, -0.2) is 8.42 Å². The Kier molecular flexibility index (Phi) is 4.97. The van der Waals surface area contributed by atoms with E-state index in [9.17, 15) is 13.2 Å². The van der Waals surface area contributed by atoms with Crippen molar-refractivity contribution in [1.82, 2.24) is 4.90 Å². The van der Waals surface area contributed by atoms with E-state index in [1.165, 1.54) is 4.90 Å². The summed E-state index contributed by atoms with van der Waals surface area (Å²) in [6.07, 6.45) is 0.422. The summed E-state index contributed by atoms with van der Waals surface area (Å²) >= 11 is 0. The first-order chi connectivity index (χ1) is 8.58. The van der Waals surface area contributed by atoms with E-state index in [4.69, 9.17) is 10.8 Å². The van der Waals surface area contributed by atoms with Crippen LogP contribution < -0.4 is 5.73 Å². The van der Waals surface area contributed by atoms with E-state index >= 15 is 0 Å². The molecule has 6 nitrogen and oxygen atoms in total. The maximum Gasteiger partial charge on any atom is 0.240 e. The van der Waals surface area contributed by atoms with E-state index < -0.39 is 21.3 Å². The molecule has 0 aliphatic carbocycles. The fourth-order valence-electron chi connectivity index (χ4n) is 2.15. The second-order valence-electron chi connectivity index (χ2n) is 6.16. The molecule has 1 fully saturated rings. The lowest BCUT2D eigenvalue weighted by Crippen LogP contribution is -2.54. The highest BCUT2D eigenvalue weighted by atomic mass is 32.2. The van der Waals surface area contributed by atoms with Crippen LogP contribution >= 0.6 is 0 Å². The van der Waals surface area contributed by atoms with Crippen molar-refractivity contribution in [3.63, 3.8) is 0 Å². The van der Waals surface area contributed by atoms with Gasteiger partial charge in [-0.05, 0) is 11.8 Å². The molecular formula is C12H24N2O4S. The SMILES string of the molecule is CC(C)(C)[C@H](N)C(=O)N(CCO)C1CCS(=O)(=O)C1. The number of nitrogens with zero attached hydrogens (tertiary/aromatic N) is 1. The van der Waals surface area contributed by atoms with Crippen LogP contribution in [-0.4, -0.2) is 61.1 Å². The molecule has 0 saturated carbocycles. The van der Waals surface area contributed by atoms with Crippen molar-refractivity contribution >= 4 is 15.7 Å². The lowest BCUT2D eigenvalue weighted by Gasteiger charge is -2.34. The smallest absolute Gasteiger partial charge is 0.240 e. The number of aliphatic hydroxyl groups excluding tert-OH is 1. The van der Waals surface area contributed by atoms with Gasteiger partial charge in [-0.1, -0.05) is 20.8 Å². The Balaban J connectivity index is 2.87. The zero-order valence-corrected chi connectivity index (χ0v) is 12.6. The second-order valence-corrected chi connectivity index (χ2v) is 8.38. The van der Waals surface area contributed by atoms with Crippen LogP contribution in [0.1, 0.15) is 27.2 Å². The average Bonchev–Trinajstić information content (AvgIpc) is 2.63. The van der Waals surface area contributed by atoms with Gasteiger partial charge in [0.1, 0.15) is 0 Å². The first-order valence-corrected chi connectivity index (χ1v) is 8.28. The summed E-state index contributed by atoms with van der Waals surface area (Å²) in [5.74, 6) is -0.226. The Morgan fingerprint density at radius 1 is 1.47 bits per heavy atom. The number of hydrogen-bond acceptors (Lipinski definition) is 5. The van der Waals surface area contributed by atoms with E-state index in [2.05, 4.69) is 0 Å².